The summed E-state index contributed by atoms with van der Waals surface area (Å²) >= 11 is 0. The van der Waals surface area contributed by atoms with Gasteiger partial charge in [-0.3, -0.25) is 4.57 Å². The molecule has 4 heterocycles. The topological polar surface area (TPSA) is 153 Å². The second kappa shape index (κ2) is 9.62. The van der Waals surface area contributed by atoms with Crippen molar-refractivity contribution in [2.75, 3.05) is 25.1 Å². The number of ether oxygens (including phenoxy) is 3. The zero-order valence-electron chi connectivity index (χ0n) is 19.4. The molecule has 1 saturated carbocycles. The minimum Gasteiger partial charge on any atom is -0.447 e. The molecule has 6 unspecified atom stereocenters. The third-order valence-electron chi connectivity index (χ3n) is 6.94. The van der Waals surface area contributed by atoms with Gasteiger partial charge in [-0.25, -0.2) is 19.7 Å². The number of hydrogen-bond acceptors (Lipinski definition) is 10. The first-order chi connectivity index (χ1) is 17.6. The van der Waals surface area contributed by atoms with Crippen LogP contribution in [0.3, 0.4) is 0 Å². The summed E-state index contributed by atoms with van der Waals surface area (Å²) in [5, 5.41) is 27.4. The summed E-state index contributed by atoms with van der Waals surface area (Å²) in [6.45, 7) is 1.07. The molecule has 12 heteroatoms. The summed E-state index contributed by atoms with van der Waals surface area (Å²) in [5.74, 6) is 0.836. The van der Waals surface area contributed by atoms with E-state index in [4.69, 9.17) is 14.2 Å². The highest BCUT2D eigenvalue weighted by atomic mass is 16.6. The second-order valence-corrected chi connectivity index (χ2v) is 9.40. The molecular weight excluding hydrogens is 468 g/mol. The lowest BCUT2D eigenvalue weighted by molar-refractivity contribution is -0.0533. The quantitative estimate of drug-likeness (QED) is 0.372. The number of hydrogen-bond donors (Lipinski definition) is 4. The van der Waals surface area contributed by atoms with Gasteiger partial charge in [0.15, 0.2) is 23.2 Å². The predicted octanol–water partition coefficient (Wildman–Crippen LogP) is 0.929. The molecule has 0 bridgehead atoms. The molecular formula is C24H28N6O6. The van der Waals surface area contributed by atoms with E-state index < -0.39 is 30.6 Å². The van der Waals surface area contributed by atoms with E-state index in [0.29, 0.717) is 30.2 Å². The number of aliphatic hydroxyl groups is 2. The van der Waals surface area contributed by atoms with Gasteiger partial charge in [-0.2, -0.15) is 0 Å². The third-order valence-corrected chi connectivity index (χ3v) is 6.94. The van der Waals surface area contributed by atoms with Crippen LogP contribution in [0.2, 0.25) is 0 Å². The molecule has 2 aromatic heterocycles. The Morgan fingerprint density at radius 3 is 2.83 bits per heavy atom. The zero-order valence-corrected chi connectivity index (χ0v) is 19.4. The fraction of sp³-hybridized carbons (Fsp3) is 0.500. The Labute approximate surface area is 206 Å². The van der Waals surface area contributed by atoms with Crippen LogP contribution < -0.4 is 10.6 Å². The summed E-state index contributed by atoms with van der Waals surface area (Å²) in [6.07, 6.45) is -0.357. The molecule has 1 amide bonds. The number of aliphatic hydroxyl groups excluding tert-OH is 2. The fourth-order valence-corrected chi connectivity index (χ4v) is 4.86. The fourth-order valence-electron chi connectivity index (χ4n) is 4.86. The minimum atomic E-state index is -1.26. The molecule has 0 spiro atoms. The minimum absolute atomic E-state index is 0.0169. The van der Waals surface area contributed by atoms with Crippen molar-refractivity contribution in [1.29, 1.82) is 0 Å². The maximum atomic E-state index is 12.3. The van der Waals surface area contributed by atoms with E-state index >= 15 is 0 Å². The molecule has 1 aromatic carbocycles. The average molecular weight is 497 g/mol. The standard InChI is InChI=1S/C24H28N6O6/c31-19-17(10-35-24(33)29-16-8-15(16)13-4-2-1-3-5-13)36-23(20(19)32)30-12-27-18-21(25-11-26-22(18)30)28-14-6-7-34-9-14/h1-5,11-12,14-17,19-20,23,31-32H,6-10H2,(H,29,33)(H,25,26,28)/t14-,15?,16?,17?,19?,20?,23?/m1/s1. The second-order valence-electron chi connectivity index (χ2n) is 9.40. The molecule has 1 aliphatic carbocycles. The van der Waals surface area contributed by atoms with Crippen molar-refractivity contribution in [3.63, 3.8) is 0 Å². The first-order valence-electron chi connectivity index (χ1n) is 12.1. The van der Waals surface area contributed by atoms with Crippen LogP contribution in [0.15, 0.2) is 43.0 Å². The Kier molecular flexibility index (Phi) is 6.17. The first kappa shape index (κ1) is 23.1. The molecule has 3 aliphatic rings. The molecule has 0 radical (unpaired) electrons. The normalized spacial score (nSPS) is 31.4. The van der Waals surface area contributed by atoms with Gasteiger partial charge in [0, 0.05) is 18.6 Å². The summed E-state index contributed by atoms with van der Waals surface area (Å²) in [5.41, 5.74) is 2.14. The van der Waals surface area contributed by atoms with Crippen LogP contribution in [0.4, 0.5) is 10.6 Å². The SMILES string of the molecule is O=C(NC1CC1c1ccccc1)OCC1OC(n2cnc3c(N[C@@H]4CCOC4)ncnc32)C(O)C1O. The molecule has 12 nitrogen and oxygen atoms in total. The number of carbonyl (C=O) groups excluding carboxylic acids is 1. The Morgan fingerprint density at radius 1 is 1.17 bits per heavy atom. The molecule has 3 aromatic rings. The van der Waals surface area contributed by atoms with E-state index in [2.05, 4.69) is 25.6 Å². The number of alkyl carbamates (subject to hydrolysis) is 1. The smallest absolute Gasteiger partial charge is 0.407 e. The number of aromatic nitrogens is 4. The largest absolute Gasteiger partial charge is 0.447 e. The van der Waals surface area contributed by atoms with Crippen LogP contribution in [-0.2, 0) is 14.2 Å². The Bertz CT molecular complexity index is 1220. The van der Waals surface area contributed by atoms with Crippen molar-refractivity contribution >= 4 is 23.1 Å². The Hall–Kier alpha value is -3.32. The number of nitrogens with zero attached hydrogens (tertiary/aromatic N) is 4. The van der Waals surface area contributed by atoms with Crippen molar-refractivity contribution in [3.8, 4) is 0 Å². The molecule has 3 fully saturated rings. The highest BCUT2D eigenvalue weighted by Gasteiger charge is 2.45. The van der Waals surface area contributed by atoms with E-state index in [1.807, 2.05) is 30.3 Å². The van der Waals surface area contributed by atoms with Crippen molar-refractivity contribution < 1.29 is 29.2 Å². The summed E-state index contributed by atoms with van der Waals surface area (Å²) in [6, 6.07) is 10.1. The lowest BCUT2D eigenvalue weighted by Gasteiger charge is -2.17. The van der Waals surface area contributed by atoms with Gasteiger partial charge < -0.3 is 35.1 Å². The molecule has 2 aliphatic heterocycles. The van der Waals surface area contributed by atoms with Gasteiger partial charge in [0.25, 0.3) is 0 Å². The van der Waals surface area contributed by atoms with Gasteiger partial charge >= 0.3 is 6.09 Å². The maximum absolute atomic E-state index is 12.3. The number of benzene rings is 1. The van der Waals surface area contributed by atoms with Gasteiger partial charge in [-0.05, 0) is 18.4 Å². The van der Waals surface area contributed by atoms with Crippen molar-refractivity contribution in [1.82, 2.24) is 24.8 Å². The molecule has 6 rings (SSSR count). The molecule has 7 atom stereocenters. The number of rotatable bonds is 7. The van der Waals surface area contributed by atoms with Crippen LogP contribution in [0.5, 0.6) is 0 Å². The van der Waals surface area contributed by atoms with Crippen molar-refractivity contribution in [2.45, 2.75) is 55.4 Å². The average Bonchev–Trinajstić information content (AvgIpc) is 3.20. The van der Waals surface area contributed by atoms with Crippen molar-refractivity contribution in [2.24, 2.45) is 0 Å². The van der Waals surface area contributed by atoms with Crippen LogP contribution in [0.1, 0.15) is 30.6 Å². The van der Waals surface area contributed by atoms with Gasteiger partial charge in [0.05, 0.1) is 19.0 Å². The number of carbonyl (C=O) groups is 1. The summed E-state index contributed by atoms with van der Waals surface area (Å²) in [4.78, 5) is 25.3. The van der Waals surface area contributed by atoms with E-state index in [-0.39, 0.29) is 24.6 Å². The van der Waals surface area contributed by atoms with Crippen LogP contribution >= 0.6 is 0 Å². The van der Waals surface area contributed by atoms with Gasteiger partial charge in [0.2, 0.25) is 0 Å². The lowest BCUT2D eigenvalue weighted by atomic mass is 10.1. The number of nitrogens with one attached hydrogen (secondary N) is 2. The highest BCUT2D eigenvalue weighted by Crippen LogP contribution is 2.40. The summed E-state index contributed by atoms with van der Waals surface area (Å²) in [7, 11) is 0. The number of amides is 1. The van der Waals surface area contributed by atoms with Crippen LogP contribution in [0.25, 0.3) is 11.2 Å². The van der Waals surface area contributed by atoms with E-state index in [1.165, 1.54) is 18.2 Å². The van der Waals surface area contributed by atoms with Gasteiger partial charge in [-0.15, -0.1) is 0 Å². The lowest BCUT2D eigenvalue weighted by Crippen LogP contribution is -2.36. The monoisotopic (exact) mass is 496 g/mol. The number of imidazole rings is 1. The van der Waals surface area contributed by atoms with E-state index in [9.17, 15) is 15.0 Å². The summed E-state index contributed by atoms with van der Waals surface area (Å²) < 4.78 is 18.2. The molecule has 4 N–H and O–H groups in total. The van der Waals surface area contributed by atoms with Crippen LogP contribution in [-0.4, -0.2) is 86.0 Å². The first-order valence-corrected chi connectivity index (χ1v) is 12.1. The maximum Gasteiger partial charge on any atom is 0.407 e. The molecule has 36 heavy (non-hydrogen) atoms. The van der Waals surface area contributed by atoms with Crippen LogP contribution in [0, 0.1) is 0 Å². The molecule has 190 valence electrons. The highest BCUT2D eigenvalue weighted by molar-refractivity contribution is 5.82. The van der Waals surface area contributed by atoms with Gasteiger partial charge in [0.1, 0.15) is 31.2 Å². The van der Waals surface area contributed by atoms with E-state index in [1.54, 1.807) is 4.57 Å². The van der Waals surface area contributed by atoms with Crippen molar-refractivity contribution in [3.05, 3.63) is 48.5 Å². The zero-order chi connectivity index (χ0) is 24.6. The van der Waals surface area contributed by atoms with E-state index in [0.717, 1.165) is 12.8 Å². The Morgan fingerprint density at radius 2 is 2.03 bits per heavy atom. The molecule has 2 saturated heterocycles. The number of fused-ring (bicyclic) bond motifs is 1. The Balaban J connectivity index is 1.07. The third kappa shape index (κ3) is 4.48. The number of anilines is 1. The van der Waals surface area contributed by atoms with Gasteiger partial charge in [-0.1, -0.05) is 30.3 Å². The predicted molar refractivity (Wildman–Crippen MR) is 126 cm³/mol.